The molecule has 0 unspecified atom stereocenters. The third-order valence-corrected chi connectivity index (χ3v) is 4.54. The summed E-state index contributed by atoms with van der Waals surface area (Å²) in [4.78, 5) is 16.4. The lowest BCUT2D eigenvalue weighted by molar-refractivity contribution is -0.137. The number of amidine groups is 1. The van der Waals surface area contributed by atoms with Gasteiger partial charge in [0.15, 0.2) is 5.17 Å². The molecule has 1 saturated heterocycles. The molecule has 1 aliphatic heterocycles. The van der Waals surface area contributed by atoms with E-state index >= 15 is 0 Å². The number of para-hydroxylation sites is 1. The van der Waals surface area contributed by atoms with Gasteiger partial charge >= 0.3 is 6.18 Å². The number of nitrogens with one attached hydrogen (secondary N) is 1. The number of hydrogen-bond donors (Lipinski definition) is 1. The number of halogens is 3. The van der Waals surface area contributed by atoms with Crippen molar-refractivity contribution in [2.24, 2.45) is 4.99 Å². The van der Waals surface area contributed by atoms with E-state index in [0.717, 1.165) is 23.4 Å². The Morgan fingerprint density at radius 3 is 2.54 bits per heavy atom. The zero-order chi connectivity index (χ0) is 20.1. The lowest BCUT2D eigenvalue weighted by atomic mass is 10.2. The highest BCUT2D eigenvalue weighted by molar-refractivity contribution is 8.18. The van der Waals surface area contributed by atoms with E-state index in [1.54, 1.807) is 36.4 Å². The molecule has 0 bridgehead atoms. The third kappa shape index (κ3) is 4.83. The van der Waals surface area contributed by atoms with Gasteiger partial charge in [-0.15, -0.1) is 0 Å². The van der Waals surface area contributed by atoms with Gasteiger partial charge in [-0.25, -0.2) is 4.99 Å². The molecule has 1 fully saturated rings. The summed E-state index contributed by atoms with van der Waals surface area (Å²) in [5, 5.41) is 2.59. The van der Waals surface area contributed by atoms with Crippen molar-refractivity contribution >= 4 is 34.6 Å². The molecule has 2 aromatic rings. The van der Waals surface area contributed by atoms with Crippen molar-refractivity contribution in [2.45, 2.75) is 6.18 Å². The summed E-state index contributed by atoms with van der Waals surface area (Å²) in [6.07, 6.45) is -1.26. The number of carbonyl (C=O) groups is 1. The molecular formula is C20H15F3N2O2S. The standard InChI is InChI=1S/C20H15F3N2O2S/c1-2-11-27-14-9-7-13(8-10-14)12-17-18(26)25-19(28-17)24-16-6-4-3-5-15(16)20(21,22)23/h2-10,12H,1,11H2,(H,24,25,26). The minimum Gasteiger partial charge on any atom is -0.490 e. The molecule has 0 aliphatic carbocycles. The maximum atomic E-state index is 13.1. The first kappa shape index (κ1) is 19.8. The van der Waals surface area contributed by atoms with E-state index in [0.29, 0.717) is 17.3 Å². The molecule has 1 heterocycles. The van der Waals surface area contributed by atoms with Crippen LogP contribution in [0.4, 0.5) is 18.9 Å². The Kier molecular flexibility index (Phi) is 5.89. The van der Waals surface area contributed by atoms with Gasteiger partial charge < -0.3 is 10.1 Å². The minimum absolute atomic E-state index is 0.0962. The summed E-state index contributed by atoms with van der Waals surface area (Å²) in [6, 6.07) is 12.0. The van der Waals surface area contributed by atoms with Crippen LogP contribution in [-0.4, -0.2) is 17.7 Å². The topological polar surface area (TPSA) is 50.7 Å². The monoisotopic (exact) mass is 404 g/mol. The summed E-state index contributed by atoms with van der Waals surface area (Å²) in [5.74, 6) is 0.247. The fraction of sp³-hybridized carbons (Fsp3) is 0.100. The van der Waals surface area contributed by atoms with Crippen LogP contribution < -0.4 is 10.1 Å². The predicted octanol–water partition coefficient (Wildman–Crippen LogP) is 5.16. The minimum atomic E-state index is -4.53. The van der Waals surface area contributed by atoms with Crippen molar-refractivity contribution in [3.8, 4) is 5.75 Å². The van der Waals surface area contributed by atoms with Crippen molar-refractivity contribution in [1.82, 2.24) is 5.32 Å². The second-order valence-electron chi connectivity index (χ2n) is 5.67. The number of alkyl halides is 3. The molecule has 144 valence electrons. The normalized spacial score (nSPS) is 17.0. The molecule has 0 radical (unpaired) electrons. The van der Waals surface area contributed by atoms with Gasteiger partial charge in [0.2, 0.25) is 0 Å². The number of rotatable bonds is 5. The molecule has 2 aromatic carbocycles. The van der Waals surface area contributed by atoms with Gasteiger partial charge in [0, 0.05) is 0 Å². The number of nitrogens with zero attached hydrogens (tertiary/aromatic N) is 1. The average Bonchev–Trinajstić information content (AvgIpc) is 2.99. The van der Waals surface area contributed by atoms with E-state index in [9.17, 15) is 18.0 Å². The number of hydrogen-bond acceptors (Lipinski definition) is 4. The second-order valence-corrected chi connectivity index (χ2v) is 6.70. The Balaban J connectivity index is 1.79. The van der Waals surface area contributed by atoms with Crippen LogP contribution in [0.5, 0.6) is 5.75 Å². The molecule has 4 nitrogen and oxygen atoms in total. The van der Waals surface area contributed by atoms with Crippen LogP contribution in [0.2, 0.25) is 0 Å². The molecule has 28 heavy (non-hydrogen) atoms. The molecule has 1 aliphatic rings. The third-order valence-electron chi connectivity index (χ3n) is 3.63. The zero-order valence-electron chi connectivity index (χ0n) is 14.5. The number of carbonyl (C=O) groups excluding carboxylic acids is 1. The molecule has 0 saturated carbocycles. The number of benzene rings is 2. The molecule has 1 N–H and O–H groups in total. The molecule has 8 heteroatoms. The fourth-order valence-corrected chi connectivity index (χ4v) is 3.20. The number of thioether (sulfide) groups is 1. The second kappa shape index (κ2) is 8.35. The van der Waals surface area contributed by atoms with Crippen LogP contribution in [-0.2, 0) is 11.0 Å². The molecule has 0 aromatic heterocycles. The molecular weight excluding hydrogens is 389 g/mol. The van der Waals surface area contributed by atoms with Crippen molar-refractivity contribution in [2.75, 3.05) is 6.61 Å². The first-order valence-corrected chi connectivity index (χ1v) is 8.98. The Hall–Kier alpha value is -3.00. The van der Waals surface area contributed by atoms with Crippen molar-refractivity contribution < 1.29 is 22.7 Å². The van der Waals surface area contributed by atoms with Gasteiger partial charge in [0.25, 0.3) is 5.91 Å². The summed E-state index contributed by atoms with van der Waals surface area (Å²) >= 11 is 0.984. The van der Waals surface area contributed by atoms with Gasteiger partial charge in [-0.05, 0) is 47.7 Å². The van der Waals surface area contributed by atoms with Crippen molar-refractivity contribution in [1.29, 1.82) is 0 Å². The molecule has 3 rings (SSSR count). The van der Waals surface area contributed by atoms with Crippen LogP contribution in [0.25, 0.3) is 6.08 Å². The average molecular weight is 404 g/mol. The maximum absolute atomic E-state index is 13.1. The van der Waals surface area contributed by atoms with E-state index in [4.69, 9.17) is 4.74 Å². The highest BCUT2D eigenvalue weighted by atomic mass is 32.2. The number of aliphatic imine (C=N–C) groups is 1. The Morgan fingerprint density at radius 2 is 1.86 bits per heavy atom. The van der Waals surface area contributed by atoms with E-state index in [1.807, 2.05) is 0 Å². The quantitative estimate of drug-likeness (QED) is 0.553. The van der Waals surface area contributed by atoms with Crippen LogP contribution in [0.1, 0.15) is 11.1 Å². The van der Waals surface area contributed by atoms with Crippen LogP contribution >= 0.6 is 11.8 Å². The van der Waals surface area contributed by atoms with Crippen molar-refractivity contribution in [3.63, 3.8) is 0 Å². The lowest BCUT2D eigenvalue weighted by Gasteiger charge is -2.09. The Bertz CT molecular complexity index is 951. The largest absolute Gasteiger partial charge is 0.490 e. The zero-order valence-corrected chi connectivity index (χ0v) is 15.3. The SMILES string of the molecule is C=CCOc1ccc(C=C2SC(=Nc3ccccc3C(F)(F)F)NC2=O)cc1. The van der Waals surface area contributed by atoms with Gasteiger partial charge in [0.1, 0.15) is 12.4 Å². The highest BCUT2D eigenvalue weighted by Crippen LogP contribution is 2.37. The molecule has 0 atom stereocenters. The maximum Gasteiger partial charge on any atom is 0.418 e. The van der Waals surface area contributed by atoms with Crippen LogP contribution in [0.15, 0.2) is 71.1 Å². The fourth-order valence-electron chi connectivity index (χ4n) is 2.37. The first-order valence-electron chi connectivity index (χ1n) is 8.16. The molecule has 0 spiro atoms. The summed E-state index contributed by atoms with van der Waals surface area (Å²) in [6.45, 7) is 3.96. The highest BCUT2D eigenvalue weighted by Gasteiger charge is 2.34. The molecule has 1 amide bonds. The van der Waals surface area contributed by atoms with Crippen LogP contribution in [0, 0.1) is 0 Å². The summed E-state index contributed by atoms with van der Waals surface area (Å²) in [5.41, 5.74) is -0.354. The van der Waals surface area contributed by atoms with E-state index in [1.165, 1.54) is 18.2 Å². The van der Waals surface area contributed by atoms with Gasteiger partial charge in [-0.2, -0.15) is 13.2 Å². The van der Waals surface area contributed by atoms with E-state index in [-0.39, 0.29) is 10.9 Å². The van der Waals surface area contributed by atoms with Crippen molar-refractivity contribution in [3.05, 3.63) is 77.2 Å². The summed E-state index contributed by atoms with van der Waals surface area (Å²) in [7, 11) is 0. The van der Waals surface area contributed by atoms with E-state index < -0.39 is 17.6 Å². The van der Waals surface area contributed by atoms with E-state index in [2.05, 4.69) is 16.9 Å². The predicted molar refractivity (Wildman–Crippen MR) is 104 cm³/mol. The first-order chi connectivity index (χ1) is 13.4. The lowest BCUT2D eigenvalue weighted by Crippen LogP contribution is -2.19. The van der Waals surface area contributed by atoms with Crippen LogP contribution in [0.3, 0.4) is 0 Å². The Morgan fingerprint density at radius 1 is 1.14 bits per heavy atom. The summed E-state index contributed by atoms with van der Waals surface area (Å²) < 4.78 is 44.6. The Labute approximate surface area is 163 Å². The number of ether oxygens (including phenoxy) is 1. The van der Waals surface area contributed by atoms with Gasteiger partial charge in [-0.3, -0.25) is 4.79 Å². The number of amides is 1. The van der Waals surface area contributed by atoms with Gasteiger partial charge in [-0.1, -0.05) is 36.9 Å². The van der Waals surface area contributed by atoms with Gasteiger partial charge in [0.05, 0.1) is 16.2 Å². The smallest absolute Gasteiger partial charge is 0.418 e.